The lowest BCUT2D eigenvalue weighted by molar-refractivity contribution is 0.148. The normalized spacial score (nSPS) is 18.0. The molecule has 0 atom stereocenters. The molecule has 2 rings (SSSR count). The molecule has 2 aliphatic rings. The lowest BCUT2D eigenvalue weighted by Gasteiger charge is -2.21. The van der Waals surface area contributed by atoms with Crippen molar-refractivity contribution in [2.24, 2.45) is 5.41 Å². The van der Waals surface area contributed by atoms with E-state index in [-0.39, 0.29) is 17.6 Å². The van der Waals surface area contributed by atoms with Crippen molar-refractivity contribution >= 4 is 25.6 Å². The van der Waals surface area contributed by atoms with Crippen LogP contribution in [0.15, 0.2) is 35.5 Å². The quantitative estimate of drug-likeness (QED) is 0.235. The molecule has 152 valence electrons. The van der Waals surface area contributed by atoms with Gasteiger partial charge in [-0.25, -0.2) is 4.79 Å². The number of alkyl carbamates (subject to hydrolysis) is 1. The van der Waals surface area contributed by atoms with Gasteiger partial charge in [0.15, 0.2) is 11.5 Å². The second-order valence-electron chi connectivity index (χ2n) is 6.46. The number of allylic oxidation sites excluding steroid dienone is 4. The molecule has 1 aliphatic heterocycles. The summed E-state index contributed by atoms with van der Waals surface area (Å²) in [6, 6.07) is 0. The van der Waals surface area contributed by atoms with E-state index < -0.39 is 13.7 Å². The van der Waals surface area contributed by atoms with Crippen LogP contribution in [0.1, 0.15) is 34.1 Å². The number of nitrogens with one attached hydrogen (secondary N) is 2. The molecule has 0 saturated carbocycles. The molecule has 10 heteroatoms. The molecule has 1 amide bonds. The molecule has 1 heterocycles. The smallest absolute Gasteiger partial charge is 0.413 e. The Labute approximate surface area is 164 Å². The van der Waals surface area contributed by atoms with E-state index in [4.69, 9.17) is 18.5 Å². The van der Waals surface area contributed by atoms with Crippen LogP contribution in [-0.2, 0) is 23.1 Å². The maximum absolute atomic E-state index is 12.3. The summed E-state index contributed by atoms with van der Waals surface area (Å²) in [4.78, 5) is 12.1. The third-order valence-corrected chi connectivity index (χ3v) is 6.50. The van der Waals surface area contributed by atoms with Crippen LogP contribution in [0, 0.1) is 5.41 Å². The number of amides is 1. The average Bonchev–Trinajstić information content (AvgIpc) is 2.85. The van der Waals surface area contributed by atoms with Crippen molar-refractivity contribution in [1.29, 1.82) is 0 Å². The summed E-state index contributed by atoms with van der Waals surface area (Å²) in [7, 11) is -3.15. The minimum absolute atomic E-state index is 0.0483. The van der Waals surface area contributed by atoms with E-state index in [0.29, 0.717) is 24.7 Å². The van der Waals surface area contributed by atoms with Gasteiger partial charge in [-0.1, -0.05) is 31.9 Å². The van der Waals surface area contributed by atoms with Gasteiger partial charge >= 0.3 is 13.7 Å². The Hall–Kier alpha value is -1.25. The number of carbonyl (C=O) groups excluding carboxylic acids is 1. The maximum atomic E-state index is 12.3. The van der Waals surface area contributed by atoms with Gasteiger partial charge in [-0.2, -0.15) is 0 Å². The largest absolute Gasteiger partial charge is 0.461 e. The Kier molecular flexibility index (Phi) is 8.00. The van der Waals surface area contributed by atoms with Gasteiger partial charge in [0, 0.05) is 5.41 Å². The lowest BCUT2D eigenvalue weighted by atomic mass is 9.90. The van der Waals surface area contributed by atoms with Gasteiger partial charge in [0.05, 0.1) is 25.4 Å². The van der Waals surface area contributed by atoms with Gasteiger partial charge in [0.2, 0.25) is 0 Å². The molecule has 0 unspecified atom stereocenters. The summed E-state index contributed by atoms with van der Waals surface area (Å²) in [6.07, 6.45) is 5.57. The summed E-state index contributed by atoms with van der Waals surface area (Å²) >= 11 is 1.18. The van der Waals surface area contributed by atoms with Crippen LogP contribution in [0.2, 0.25) is 0 Å². The Bertz CT molecular complexity index is 679. The fourth-order valence-electron chi connectivity index (χ4n) is 2.72. The van der Waals surface area contributed by atoms with Gasteiger partial charge in [0.25, 0.3) is 0 Å². The van der Waals surface area contributed by atoms with Crippen LogP contribution in [-0.4, -0.2) is 31.5 Å². The number of hydrogen-bond donors (Lipinski definition) is 2. The van der Waals surface area contributed by atoms with Crippen LogP contribution >= 0.6 is 19.5 Å². The SMILES string of the molecule is CCOP(=O)(CNSCNC(=O)OC1=C2OC=CC=C2CC1(C)C)OCC. The zero-order valence-corrected chi connectivity index (χ0v) is 17.8. The Morgan fingerprint density at radius 3 is 2.70 bits per heavy atom. The first-order valence-electron chi connectivity index (χ1n) is 8.77. The van der Waals surface area contributed by atoms with Crippen LogP contribution in [0.25, 0.3) is 0 Å². The highest BCUT2D eigenvalue weighted by atomic mass is 32.2. The second kappa shape index (κ2) is 9.80. The van der Waals surface area contributed by atoms with E-state index in [1.807, 2.05) is 26.0 Å². The minimum atomic E-state index is -3.15. The molecule has 0 aromatic heterocycles. The molecule has 2 N–H and O–H groups in total. The molecule has 0 fully saturated rings. The minimum Gasteiger partial charge on any atom is -0.461 e. The predicted molar refractivity (Wildman–Crippen MR) is 105 cm³/mol. The van der Waals surface area contributed by atoms with E-state index in [0.717, 1.165) is 12.0 Å². The molecular weight excluding hydrogens is 391 g/mol. The van der Waals surface area contributed by atoms with E-state index in [1.165, 1.54) is 11.9 Å². The first-order chi connectivity index (χ1) is 12.8. The molecule has 0 aromatic rings. The predicted octanol–water partition coefficient (Wildman–Crippen LogP) is 4.24. The number of hydrogen-bond acceptors (Lipinski definition) is 8. The molecule has 27 heavy (non-hydrogen) atoms. The van der Waals surface area contributed by atoms with Crippen LogP contribution in [0.5, 0.6) is 0 Å². The summed E-state index contributed by atoms with van der Waals surface area (Å²) in [5, 5.41) is 2.63. The van der Waals surface area contributed by atoms with Crippen molar-refractivity contribution < 1.29 is 27.9 Å². The van der Waals surface area contributed by atoms with Gasteiger partial charge in [0.1, 0.15) is 6.29 Å². The second-order valence-corrected chi connectivity index (χ2v) is 9.38. The van der Waals surface area contributed by atoms with Crippen molar-refractivity contribution in [3.05, 3.63) is 35.5 Å². The van der Waals surface area contributed by atoms with Crippen molar-refractivity contribution in [2.45, 2.75) is 34.1 Å². The topological polar surface area (TPSA) is 95.1 Å². The van der Waals surface area contributed by atoms with Crippen LogP contribution in [0.4, 0.5) is 4.79 Å². The zero-order valence-electron chi connectivity index (χ0n) is 16.1. The summed E-state index contributed by atoms with van der Waals surface area (Å²) in [5.41, 5.74) is 0.696. The molecular formula is C17H27N2O6PS. The average molecular weight is 418 g/mol. The number of carbonyl (C=O) groups is 1. The fourth-order valence-corrected chi connectivity index (χ4v) is 5.06. The molecule has 0 saturated heterocycles. The number of fused-ring (bicyclic) bond motifs is 1. The maximum Gasteiger partial charge on any atom is 0.413 e. The Morgan fingerprint density at radius 2 is 2.04 bits per heavy atom. The lowest BCUT2D eigenvalue weighted by Crippen LogP contribution is -2.28. The standard InChI is InChI=1S/C17H27N2O6PS/c1-5-23-26(21,24-6-2)11-19-27-12-18-16(20)25-15-14-13(8-7-9-22-14)10-17(15,3)4/h7-9,19H,5-6,10-12H2,1-4H3,(H,18,20). The highest BCUT2D eigenvalue weighted by Crippen LogP contribution is 2.48. The van der Waals surface area contributed by atoms with Crippen molar-refractivity contribution in [1.82, 2.24) is 10.0 Å². The summed E-state index contributed by atoms with van der Waals surface area (Å²) in [6.45, 7) is 8.11. The summed E-state index contributed by atoms with van der Waals surface area (Å²) < 4.78 is 36.5. The van der Waals surface area contributed by atoms with Crippen LogP contribution in [0.3, 0.4) is 0 Å². The molecule has 0 radical (unpaired) electrons. The van der Waals surface area contributed by atoms with Gasteiger partial charge in [-0.05, 0) is 31.9 Å². The Balaban J connectivity index is 1.78. The van der Waals surface area contributed by atoms with Crippen molar-refractivity contribution in [2.75, 3.05) is 25.4 Å². The van der Waals surface area contributed by atoms with Crippen molar-refractivity contribution in [3.63, 3.8) is 0 Å². The first-order valence-corrected chi connectivity index (χ1v) is 11.5. The van der Waals surface area contributed by atoms with Crippen molar-refractivity contribution in [3.8, 4) is 0 Å². The van der Waals surface area contributed by atoms with Gasteiger partial charge < -0.3 is 23.8 Å². The summed E-state index contributed by atoms with van der Waals surface area (Å²) in [5.74, 6) is 1.35. The van der Waals surface area contributed by atoms with E-state index in [1.54, 1.807) is 20.1 Å². The van der Waals surface area contributed by atoms with Crippen LogP contribution < -0.4 is 10.0 Å². The fraction of sp³-hybridized carbons (Fsp3) is 0.588. The zero-order chi connectivity index (χ0) is 19.9. The Morgan fingerprint density at radius 1 is 1.33 bits per heavy atom. The van der Waals surface area contributed by atoms with E-state index in [2.05, 4.69) is 10.0 Å². The highest BCUT2D eigenvalue weighted by Gasteiger charge is 2.40. The van der Waals surface area contributed by atoms with Gasteiger partial charge in [-0.3, -0.25) is 9.29 Å². The third-order valence-electron chi connectivity index (χ3n) is 3.80. The molecule has 1 aliphatic carbocycles. The van der Waals surface area contributed by atoms with E-state index >= 15 is 0 Å². The monoisotopic (exact) mass is 418 g/mol. The van der Waals surface area contributed by atoms with Gasteiger partial charge in [-0.15, -0.1) is 0 Å². The van der Waals surface area contributed by atoms with E-state index in [9.17, 15) is 9.36 Å². The molecule has 8 nitrogen and oxygen atoms in total. The first kappa shape index (κ1) is 22.0. The molecule has 0 aromatic carbocycles. The number of rotatable bonds is 10. The molecule has 0 bridgehead atoms. The molecule has 0 spiro atoms. The highest BCUT2D eigenvalue weighted by molar-refractivity contribution is 7.97. The third kappa shape index (κ3) is 6.12. The number of ether oxygens (including phenoxy) is 2.